The van der Waals surface area contributed by atoms with Gasteiger partial charge >= 0.3 is 12.4 Å². The van der Waals surface area contributed by atoms with Crippen LogP contribution in [0.1, 0.15) is 15.9 Å². The van der Waals surface area contributed by atoms with Crippen molar-refractivity contribution < 1.29 is 31.1 Å². The molecule has 1 rings (SSSR count). The molecule has 0 heterocycles. The summed E-state index contributed by atoms with van der Waals surface area (Å²) in [6.07, 6.45) is -9.53. The van der Waals surface area contributed by atoms with Crippen LogP contribution in [-0.2, 0) is 6.18 Å². The van der Waals surface area contributed by atoms with Crippen LogP contribution in [-0.4, -0.2) is 18.6 Å². The second-order valence-electron chi connectivity index (χ2n) is 3.49. The summed E-state index contributed by atoms with van der Waals surface area (Å²) in [5.74, 6) is -1.43. The molecule has 106 valence electrons. The van der Waals surface area contributed by atoms with Gasteiger partial charge < -0.3 is 5.32 Å². The van der Waals surface area contributed by atoms with Crippen molar-refractivity contribution in [2.24, 2.45) is 0 Å². The number of nitrogens with one attached hydrogen (secondary N) is 1. The van der Waals surface area contributed by atoms with E-state index in [1.54, 1.807) is 0 Å². The molecule has 0 fully saturated rings. The van der Waals surface area contributed by atoms with E-state index >= 15 is 0 Å². The van der Waals surface area contributed by atoms with Crippen molar-refractivity contribution in [1.82, 2.24) is 5.32 Å². The van der Waals surface area contributed by atoms with Crippen molar-refractivity contribution in [2.45, 2.75) is 12.4 Å². The van der Waals surface area contributed by atoms with Crippen molar-refractivity contribution in [1.29, 1.82) is 0 Å². The zero-order valence-electron chi connectivity index (χ0n) is 8.99. The van der Waals surface area contributed by atoms with Crippen LogP contribution in [0.3, 0.4) is 0 Å². The smallest absolute Gasteiger partial charge is 0.343 e. The normalized spacial score (nSPS) is 12.4. The number of carbonyl (C=O) groups excluding carboxylic acids is 1. The Bertz CT molecular complexity index is 482. The number of benzene rings is 1. The third kappa shape index (κ3) is 4.73. The predicted molar refractivity (Wildman–Crippen MR) is 57.5 cm³/mol. The van der Waals surface area contributed by atoms with Crippen LogP contribution in [0.2, 0.25) is 0 Å². The second-order valence-corrected chi connectivity index (χ2v) is 4.40. The molecule has 1 aromatic rings. The summed E-state index contributed by atoms with van der Waals surface area (Å²) in [5, 5.41) is 1.39. The Morgan fingerprint density at radius 1 is 1.16 bits per heavy atom. The molecule has 0 aliphatic rings. The molecule has 0 aliphatic heterocycles. The molecule has 0 unspecified atom stereocenters. The SMILES string of the molecule is O=C(NCC(F)(F)F)c1ccc(Br)cc1C(F)(F)F. The highest BCUT2D eigenvalue weighted by Crippen LogP contribution is 2.33. The number of carbonyl (C=O) groups is 1. The summed E-state index contributed by atoms with van der Waals surface area (Å²) < 4.78 is 73.6. The first-order chi connectivity index (χ1) is 8.50. The maximum absolute atomic E-state index is 12.6. The lowest BCUT2D eigenvalue weighted by Crippen LogP contribution is -2.34. The molecular weight excluding hydrogens is 344 g/mol. The van der Waals surface area contributed by atoms with Gasteiger partial charge in [0.1, 0.15) is 6.54 Å². The Morgan fingerprint density at radius 3 is 2.21 bits per heavy atom. The minimum absolute atomic E-state index is 0.0622. The van der Waals surface area contributed by atoms with E-state index in [2.05, 4.69) is 15.9 Å². The highest BCUT2D eigenvalue weighted by atomic mass is 79.9. The van der Waals surface area contributed by atoms with Gasteiger partial charge in [0.25, 0.3) is 5.91 Å². The molecule has 0 saturated carbocycles. The molecule has 0 aliphatic carbocycles. The second kappa shape index (κ2) is 5.40. The van der Waals surface area contributed by atoms with Gasteiger partial charge in [-0.1, -0.05) is 15.9 Å². The predicted octanol–water partition coefficient (Wildman–Crippen LogP) is 3.76. The van der Waals surface area contributed by atoms with Gasteiger partial charge in [-0.05, 0) is 18.2 Å². The van der Waals surface area contributed by atoms with E-state index in [9.17, 15) is 31.1 Å². The average Bonchev–Trinajstić information content (AvgIpc) is 2.23. The summed E-state index contributed by atoms with van der Waals surface area (Å²) in [6, 6.07) is 2.57. The number of rotatable bonds is 2. The van der Waals surface area contributed by atoms with E-state index in [1.165, 1.54) is 5.32 Å². The molecule has 2 nitrogen and oxygen atoms in total. The Kier molecular flexibility index (Phi) is 4.49. The quantitative estimate of drug-likeness (QED) is 0.809. The Morgan fingerprint density at radius 2 is 1.74 bits per heavy atom. The molecule has 1 aromatic carbocycles. The Hall–Kier alpha value is -1.25. The van der Waals surface area contributed by atoms with E-state index in [1.807, 2.05) is 0 Å². The van der Waals surface area contributed by atoms with E-state index in [-0.39, 0.29) is 4.47 Å². The lowest BCUT2D eigenvalue weighted by Gasteiger charge is -2.14. The van der Waals surface area contributed by atoms with Crippen LogP contribution in [0.15, 0.2) is 22.7 Å². The van der Waals surface area contributed by atoms with Gasteiger partial charge in [0.05, 0.1) is 11.1 Å². The fourth-order valence-electron chi connectivity index (χ4n) is 1.22. The van der Waals surface area contributed by atoms with Crippen LogP contribution in [0.5, 0.6) is 0 Å². The Balaban J connectivity index is 3.03. The number of alkyl halides is 6. The van der Waals surface area contributed by atoms with Crippen molar-refractivity contribution >= 4 is 21.8 Å². The molecule has 0 aromatic heterocycles. The fourth-order valence-corrected chi connectivity index (χ4v) is 1.59. The molecule has 1 N–H and O–H groups in total. The van der Waals surface area contributed by atoms with Gasteiger partial charge in [0.2, 0.25) is 0 Å². The molecule has 0 saturated heterocycles. The average molecular weight is 350 g/mol. The van der Waals surface area contributed by atoms with Crippen molar-refractivity contribution in [3.05, 3.63) is 33.8 Å². The summed E-state index contributed by atoms with van der Waals surface area (Å²) in [7, 11) is 0. The third-order valence-corrected chi connectivity index (χ3v) is 2.47. The first kappa shape index (κ1) is 15.8. The summed E-state index contributed by atoms with van der Waals surface area (Å²) >= 11 is 2.80. The molecule has 19 heavy (non-hydrogen) atoms. The summed E-state index contributed by atoms with van der Waals surface area (Å²) in [6.45, 7) is -1.70. The standard InChI is InChI=1S/C10H6BrF6NO/c11-5-1-2-6(7(3-5)10(15,16)17)8(19)18-4-9(12,13)14/h1-3H,4H2,(H,18,19). The van der Waals surface area contributed by atoms with Crippen LogP contribution >= 0.6 is 15.9 Å². The van der Waals surface area contributed by atoms with Crippen LogP contribution < -0.4 is 5.32 Å². The number of hydrogen-bond acceptors (Lipinski definition) is 1. The molecular formula is C10H6BrF6NO. The van der Waals surface area contributed by atoms with E-state index < -0.39 is 35.9 Å². The molecule has 0 atom stereocenters. The van der Waals surface area contributed by atoms with Crippen LogP contribution in [0.4, 0.5) is 26.3 Å². The van der Waals surface area contributed by atoms with Gasteiger partial charge in [0, 0.05) is 4.47 Å². The molecule has 0 bridgehead atoms. The first-order valence-corrected chi connectivity index (χ1v) is 5.52. The zero-order valence-corrected chi connectivity index (χ0v) is 10.6. The number of halogens is 7. The number of amides is 1. The largest absolute Gasteiger partial charge is 0.417 e. The van der Waals surface area contributed by atoms with Crippen LogP contribution in [0.25, 0.3) is 0 Å². The first-order valence-electron chi connectivity index (χ1n) is 4.72. The highest BCUT2D eigenvalue weighted by Gasteiger charge is 2.36. The fraction of sp³-hybridized carbons (Fsp3) is 0.300. The van der Waals surface area contributed by atoms with Crippen molar-refractivity contribution in [3.8, 4) is 0 Å². The lowest BCUT2D eigenvalue weighted by atomic mass is 10.1. The minimum Gasteiger partial charge on any atom is -0.343 e. The highest BCUT2D eigenvalue weighted by molar-refractivity contribution is 9.10. The van der Waals surface area contributed by atoms with Gasteiger partial charge in [-0.15, -0.1) is 0 Å². The third-order valence-electron chi connectivity index (χ3n) is 1.98. The number of hydrogen-bond donors (Lipinski definition) is 1. The van der Waals surface area contributed by atoms with Gasteiger partial charge in [-0.25, -0.2) is 0 Å². The van der Waals surface area contributed by atoms with E-state index in [4.69, 9.17) is 0 Å². The summed E-state index contributed by atoms with van der Waals surface area (Å²) in [5.41, 5.74) is -2.17. The Labute approximate surface area is 111 Å². The van der Waals surface area contributed by atoms with E-state index in [0.29, 0.717) is 6.07 Å². The maximum atomic E-state index is 12.6. The molecule has 1 amide bonds. The monoisotopic (exact) mass is 349 g/mol. The van der Waals surface area contributed by atoms with Gasteiger partial charge in [0.15, 0.2) is 0 Å². The molecule has 0 spiro atoms. The van der Waals surface area contributed by atoms with Crippen molar-refractivity contribution in [2.75, 3.05) is 6.54 Å². The topological polar surface area (TPSA) is 29.1 Å². The summed E-state index contributed by atoms with van der Waals surface area (Å²) in [4.78, 5) is 11.3. The molecule has 0 radical (unpaired) electrons. The minimum atomic E-state index is -4.84. The van der Waals surface area contributed by atoms with Gasteiger partial charge in [-0.3, -0.25) is 4.79 Å². The molecule has 9 heteroatoms. The van der Waals surface area contributed by atoms with Crippen molar-refractivity contribution in [3.63, 3.8) is 0 Å². The van der Waals surface area contributed by atoms with E-state index in [0.717, 1.165) is 12.1 Å². The van der Waals surface area contributed by atoms with Crippen LogP contribution in [0, 0.1) is 0 Å². The van der Waals surface area contributed by atoms with Gasteiger partial charge in [-0.2, -0.15) is 26.3 Å². The maximum Gasteiger partial charge on any atom is 0.417 e. The lowest BCUT2D eigenvalue weighted by molar-refractivity contribution is -0.138. The zero-order chi connectivity index (χ0) is 14.8.